The van der Waals surface area contributed by atoms with Crippen LogP contribution in [-0.4, -0.2) is 37.1 Å². The van der Waals surface area contributed by atoms with Crippen LogP contribution in [0.25, 0.3) is 0 Å². The average molecular weight is 266 g/mol. The number of rotatable bonds is 6. The minimum atomic E-state index is 0.758. The number of nitrogens with one attached hydrogen (secondary N) is 1. The monoisotopic (exact) mass is 266 g/mol. The highest BCUT2D eigenvalue weighted by Crippen LogP contribution is 2.27. The molecule has 1 atom stereocenters. The molecule has 0 radical (unpaired) electrons. The van der Waals surface area contributed by atoms with Crippen molar-refractivity contribution in [1.29, 1.82) is 0 Å². The second-order valence-electron chi connectivity index (χ2n) is 6.94. The Labute approximate surface area is 120 Å². The van der Waals surface area contributed by atoms with Crippen LogP contribution in [0.5, 0.6) is 0 Å². The highest BCUT2D eigenvalue weighted by molar-refractivity contribution is 4.83. The Morgan fingerprint density at radius 3 is 2.37 bits per heavy atom. The molecular formula is C17H34N2. The van der Waals surface area contributed by atoms with Crippen LogP contribution in [-0.2, 0) is 0 Å². The minimum absolute atomic E-state index is 0.758. The third kappa shape index (κ3) is 5.07. The molecule has 0 aromatic heterocycles. The SMILES string of the molecule is CCCNC(CN1CCC(C)CC1)C1CCCCC1. The van der Waals surface area contributed by atoms with Gasteiger partial charge in [0.2, 0.25) is 0 Å². The normalized spacial score (nSPS) is 25.6. The number of likely N-dealkylation sites (tertiary alicyclic amines) is 1. The summed E-state index contributed by atoms with van der Waals surface area (Å²) in [7, 11) is 0. The molecule has 0 aromatic carbocycles. The Balaban J connectivity index is 1.81. The van der Waals surface area contributed by atoms with Gasteiger partial charge in [0, 0.05) is 12.6 Å². The zero-order valence-electron chi connectivity index (χ0n) is 13.2. The van der Waals surface area contributed by atoms with Crippen molar-refractivity contribution in [3.63, 3.8) is 0 Å². The minimum Gasteiger partial charge on any atom is -0.312 e. The molecule has 1 aliphatic carbocycles. The molecule has 1 aliphatic heterocycles. The first-order chi connectivity index (χ1) is 9.29. The van der Waals surface area contributed by atoms with Gasteiger partial charge in [0.15, 0.2) is 0 Å². The third-order valence-electron chi connectivity index (χ3n) is 5.21. The van der Waals surface area contributed by atoms with Crippen molar-refractivity contribution in [2.75, 3.05) is 26.2 Å². The first-order valence-corrected chi connectivity index (χ1v) is 8.75. The van der Waals surface area contributed by atoms with Gasteiger partial charge in [-0.15, -0.1) is 0 Å². The molecule has 1 heterocycles. The second kappa shape index (κ2) is 8.26. The van der Waals surface area contributed by atoms with E-state index in [0.717, 1.165) is 17.9 Å². The van der Waals surface area contributed by atoms with E-state index in [1.165, 1.54) is 77.5 Å². The molecule has 0 spiro atoms. The first kappa shape index (κ1) is 15.3. The van der Waals surface area contributed by atoms with E-state index in [0.29, 0.717) is 0 Å². The molecule has 1 saturated carbocycles. The molecule has 1 N–H and O–H groups in total. The van der Waals surface area contributed by atoms with Crippen LogP contribution in [0, 0.1) is 11.8 Å². The standard InChI is InChI=1S/C17H34N2/c1-3-11-18-17(16-7-5-4-6-8-16)14-19-12-9-15(2)10-13-19/h15-18H,3-14H2,1-2H3. The Bertz CT molecular complexity index is 227. The molecule has 0 amide bonds. The van der Waals surface area contributed by atoms with E-state index in [2.05, 4.69) is 24.1 Å². The summed E-state index contributed by atoms with van der Waals surface area (Å²) in [5.74, 6) is 1.90. The molecule has 0 bridgehead atoms. The summed E-state index contributed by atoms with van der Waals surface area (Å²) in [6, 6.07) is 0.758. The largest absolute Gasteiger partial charge is 0.312 e. The van der Waals surface area contributed by atoms with E-state index in [-0.39, 0.29) is 0 Å². The van der Waals surface area contributed by atoms with Gasteiger partial charge in [-0.25, -0.2) is 0 Å². The Morgan fingerprint density at radius 2 is 1.74 bits per heavy atom. The second-order valence-corrected chi connectivity index (χ2v) is 6.94. The lowest BCUT2D eigenvalue weighted by Crippen LogP contribution is -2.48. The van der Waals surface area contributed by atoms with E-state index in [1.54, 1.807) is 0 Å². The maximum absolute atomic E-state index is 3.86. The Kier molecular flexibility index (Phi) is 6.66. The van der Waals surface area contributed by atoms with Crippen molar-refractivity contribution < 1.29 is 0 Å². The summed E-state index contributed by atoms with van der Waals surface area (Å²) in [6.07, 6.45) is 11.4. The van der Waals surface area contributed by atoms with Crippen molar-refractivity contribution in [3.05, 3.63) is 0 Å². The smallest absolute Gasteiger partial charge is 0.0223 e. The quantitative estimate of drug-likeness (QED) is 0.789. The maximum atomic E-state index is 3.86. The fourth-order valence-electron chi connectivity index (χ4n) is 3.77. The van der Waals surface area contributed by atoms with Gasteiger partial charge >= 0.3 is 0 Å². The molecule has 2 nitrogen and oxygen atoms in total. The van der Waals surface area contributed by atoms with E-state index in [9.17, 15) is 0 Å². The summed E-state index contributed by atoms with van der Waals surface area (Å²) in [6.45, 7) is 9.86. The lowest BCUT2D eigenvalue weighted by Gasteiger charge is -2.37. The summed E-state index contributed by atoms with van der Waals surface area (Å²) < 4.78 is 0. The van der Waals surface area contributed by atoms with Gasteiger partial charge in [-0.05, 0) is 63.6 Å². The van der Waals surface area contributed by atoms with Crippen molar-refractivity contribution in [2.45, 2.75) is 71.3 Å². The molecule has 2 fully saturated rings. The van der Waals surface area contributed by atoms with Crippen LogP contribution >= 0.6 is 0 Å². The number of piperidine rings is 1. The van der Waals surface area contributed by atoms with Crippen LogP contribution in [0.2, 0.25) is 0 Å². The van der Waals surface area contributed by atoms with Gasteiger partial charge in [0.05, 0.1) is 0 Å². The van der Waals surface area contributed by atoms with Crippen LogP contribution < -0.4 is 5.32 Å². The Hall–Kier alpha value is -0.0800. The molecule has 1 saturated heterocycles. The summed E-state index contributed by atoms with van der Waals surface area (Å²) in [5.41, 5.74) is 0. The van der Waals surface area contributed by atoms with Crippen LogP contribution in [0.4, 0.5) is 0 Å². The van der Waals surface area contributed by atoms with Gasteiger partial charge in [-0.3, -0.25) is 0 Å². The number of hydrogen-bond acceptors (Lipinski definition) is 2. The van der Waals surface area contributed by atoms with Gasteiger partial charge in [-0.2, -0.15) is 0 Å². The zero-order chi connectivity index (χ0) is 13.5. The number of hydrogen-bond donors (Lipinski definition) is 1. The summed E-state index contributed by atoms with van der Waals surface area (Å²) >= 11 is 0. The van der Waals surface area contributed by atoms with E-state index >= 15 is 0 Å². The predicted molar refractivity (Wildman–Crippen MR) is 83.5 cm³/mol. The highest BCUT2D eigenvalue weighted by atomic mass is 15.2. The number of nitrogens with zero attached hydrogens (tertiary/aromatic N) is 1. The van der Waals surface area contributed by atoms with Gasteiger partial charge in [-0.1, -0.05) is 33.1 Å². The molecular weight excluding hydrogens is 232 g/mol. The average Bonchev–Trinajstić information content (AvgIpc) is 2.46. The lowest BCUT2D eigenvalue weighted by molar-refractivity contribution is 0.144. The molecule has 0 aromatic rings. The van der Waals surface area contributed by atoms with Crippen LogP contribution in [0.3, 0.4) is 0 Å². The maximum Gasteiger partial charge on any atom is 0.0223 e. The van der Waals surface area contributed by atoms with Gasteiger partial charge in [0.1, 0.15) is 0 Å². The fourth-order valence-corrected chi connectivity index (χ4v) is 3.77. The topological polar surface area (TPSA) is 15.3 Å². The van der Waals surface area contributed by atoms with Gasteiger partial charge < -0.3 is 10.2 Å². The van der Waals surface area contributed by atoms with Crippen molar-refractivity contribution in [1.82, 2.24) is 10.2 Å². The first-order valence-electron chi connectivity index (χ1n) is 8.75. The van der Waals surface area contributed by atoms with Crippen molar-refractivity contribution >= 4 is 0 Å². The van der Waals surface area contributed by atoms with Crippen molar-refractivity contribution in [2.24, 2.45) is 11.8 Å². The fraction of sp³-hybridized carbons (Fsp3) is 1.00. The lowest BCUT2D eigenvalue weighted by atomic mass is 9.83. The molecule has 1 unspecified atom stereocenters. The molecule has 112 valence electrons. The molecule has 2 rings (SSSR count). The zero-order valence-corrected chi connectivity index (χ0v) is 13.2. The van der Waals surface area contributed by atoms with E-state index in [1.807, 2.05) is 0 Å². The van der Waals surface area contributed by atoms with Crippen LogP contribution in [0.15, 0.2) is 0 Å². The third-order valence-corrected chi connectivity index (χ3v) is 5.21. The molecule has 2 aliphatic rings. The van der Waals surface area contributed by atoms with E-state index < -0.39 is 0 Å². The van der Waals surface area contributed by atoms with E-state index in [4.69, 9.17) is 0 Å². The summed E-state index contributed by atoms with van der Waals surface area (Å²) in [5, 5.41) is 3.86. The van der Waals surface area contributed by atoms with Gasteiger partial charge in [0.25, 0.3) is 0 Å². The predicted octanol–water partition coefficient (Wildman–Crippen LogP) is 3.67. The Morgan fingerprint density at radius 1 is 1.05 bits per heavy atom. The molecule has 2 heteroatoms. The molecule has 19 heavy (non-hydrogen) atoms. The highest BCUT2D eigenvalue weighted by Gasteiger charge is 2.26. The van der Waals surface area contributed by atoms with Crippen LogP contribution in [0.1, 0.15) is 65.2 Å². The summed E-state index contributed by atoms with van der Waals surface area (Å²) in [4.78, 5) is 2.72. The van der Waals surface area contributed by atoms with Crippen molar-refractivity contribution in [3.8, 4) is 0 Å².